The molecular formula is C8H2BrF4NO. The molecule has 0 atom stereocenters. The summed E-state index contributed by atoms with van der Waals surface area (Å²) in [5.74, 6) is -6.30. The Bertz CT molecular complexity index is 427. The Morgan fingerprint density at radius 1 is 1.07 bits per heavy atom. The molecule has 0 aliphatic heterocycles. The Balaban J connectivity index is 3.44. The third-order valence-electron chi connectivity index (χ3n) is 1.60. The van der Waals surface area contributed by atoms with Gasteiger partial charge in [-0.1, -0.05) is 0 Å². The molecule has 0 aliphatic rings. The van der Waals surface area contributed by atoms with Gasteiger partial charge < -0.3 is 0 Å². The van der Waals surface area contributed by atoms with Gasteiger partial charge in [0.1, 0.15) is 0 Å². The zero-order valence-electron chi connectivity index (χ0n) is 6.95. The van der Waals surface area contributed by atoms with Crippen molar-refractivity contribution in [1.29, 1.82) is 0 Å². The van der Waals surface area contributed by atoms with Crippen molar-refractivity contribution in [3.8, 4) is 0 Å². The molecule has 0 heterocycles. The van der Waals surface area contributed by atoms with Crippen molar-refractivity contribution in [2.24, 2.45) is 4.99 Å². The third kappa shape index (κ3) is 2.08. The summed E-state index contributed by atoms with van der Waals surface area (Å²) < 4.78 is 50.9. The van der Waals surface area contributed by atoms with Crippen LogP contribution in [0.4, 0.5) is 17.6 Å². The van der Waals surface area contributed by atoms with Crippen LogP contribution in [0.2, 0.25) is 0 Å². The van der Waals surface area contributed by atoms with E-state index >= 15 is 0 Å². The fraction of sp³-hybridized carbons (Fsp3) is 0.125. The van der Waals surface area contributed by atoms with Crippen LogP contribution in [0.25, 0.3) is 0 Å². The Kier molecular flexibility index (Phi) is 3.60. The highest BCUT2D eigenvalue weighted by Gasteiger charge is 2.23. The number of aliphatic imine (C=N–C) groups is 1. The van der Waals surface area contributed by atoms with Gasteiger partial charge in [0, 0.05) is 0 Å². The van der Waals surface area contributed by atoms with Gasteiger partial charge in [0.05, 0.1) is 16.6 Å². The standard InChI is InChI=1S/C8H2BrF4NO/c9-4-7(12)5(10)3(1-14-2-15)6(11)8(4)13/h1H2. The van der Waals surface area contributed by atoms with Crippen molar-refractivity contribution in [1.82, 2.24) is 0 Å². The van der Waals surface area contributed by atoms with E-state index in [-0.39, 0.29) is 0 Å². The van der Waals surface area contributed by atoms with Crippen molar-refractivity contribution >= 4 is 22.0 Å². The van der Waals surface area contributed by atoms with Crippen LogP contribution < -0.4 is 0 Å². The molecule has 0 bridgehead atoms. The highest BCUT2D eigenvalue weighted by Crippen LogP contribution is 2.28. The summed E-state index contributed by atoms with van der Waals surface area (Å²) in [5, 5.41) is 0. The van der Waals surface area contributed by atoms with E-state index in [1.165, 1.54) is 0 Å². The molecule has 0 spiro atoms. The normalized spacial score (nSPS) is 9.93. The van der Waals surface area contributed by atoms with Crippen molar-refractivity contribution in [2.45, 2.75) is 6.54 Å². The molecule has 0 aliphatic carbocycles. The predicted molar refractivity (Wildman–Crippen MR) is 45.8 cm³/mol. The maximum atomic E-state index is 13.0. The SMILES string of the molecule is O=C=NCc1c(F)c(F)c(Br)c(F)c1F. The summed E-state index contributed by atoms with van der Waals surface area (Å²) in [4.78, 5) is 12.5. The van der Waals surface area contributed by atoms with Gasteiger partial charge >= 0.3 is 0 Å². The van der Waals surface area contributed by atoms with E-state index in [4.69, 9.17) is 0 Å². The van der Waals surface area contributed by atoms with Crippen LogP contribution in [0.5, 0.6) is 0 Å². The highest BCUT2D eigenvalue weighted by molar-refractivity contribution is 9.10. The van der Waals surface area contributed by atoms with Crippen molar-refractivity contribution in [3.05, 3.63) is 33.3 Å². The van der Waals surface area contributed by atoms with E-state index in [0.29, 0.717) is 0 Å². The van der Waals surface area contributed by atoms with Gasteiger partial charge in [0.25, 0.3) is 0 Å². The number of hydrogen-bond acceptors (Lipinski definition) is 2. The van der Waals surface area contributed by atoms with Gasteiger partial charge in [0.2, 0.25) is 6.08 Å². The largest absolute Gasteiger partial charge is 0.235 e. The molecule has 7 heteroatoms. The maximum absolute atomic E-state index is 13.0. The molecule has 0 unspecified atom stereocenters. The second-order valence-electron chi connectivity index (χ2n) is 2.46. The number of nitrogens with zero attached hydrogens (tertiary/aromatic N) is 1. The summed E-state index contributed by atoms with van der Waals surface area (Å²) in [7, 11) is 0. The lowest BCUT2D eigenvalue weighted by Crippen LogP contribution is -2.03. The molecule has 0 saturated carbocycles. The van der Waals surface area contributed by atoms with E-state index in [0.717, 1.165) is 6.08 Å². The first-order valence-corrected chi connectivity index (χ1v) is 4.34. The first-order valence-electron chi connectivity index (χ1n) is 3.54. The summed E-state index contributed by atoms with van der Waals surface area (Å²) in [6.45, 7) is -0.803. The fourth-order valence-electron chi connectivity index (χ4n) is 0.901. The third-order valence-corrected chi connectivity index (χ3v) is 2.30. The number of hydrogen-bond donors (Lipinski definition) is 0. The Labute approximate surface area is 89.7 Å². The van der Waals surface area contributed by atoms with Crippen LogP contribution in [-0.2, 0) is 11.3 Å². The molecule has 0 aromatic heterocycles. The van der Waals surface area contributed by atoms with Crippen molar-refractivity contribution in [3.63, 3.8) is 0 Å². The van der Waals surface area contributed by atoms with Gasteiger partial charge in [-0.2, -0.15) is 0 Å². The fourth-order valence-corrected chi connectivity index (χ4v) is 1.25. The molecular weight excluding hydrogens is 282 g/mol. The molecule has 80 valence electrons. The second-order valence-corrected chi connectivity index (χ2v) is 3.25. The average Bonchev–Trinajstić information content (AvgIpc) is 2.24. The molecule has 2 nitrogen and oxygen atoms in total. The molecule has 0 N–H and O–H groups in total. The van der Waals surface area contributed by atoms with Crippen molar-refractivity contribution < 1.29 is 22.4 Å². The molecule has 1 rings (SSSR count). The Morgan fingerprint density at radius 3 is 1.93 bits per heavy atom. The minimum atomic E-state index is -1.58. The molecule has 0 fully saturated rings. The van der Waals surface area contributed by atoms with Crippen LogP contribution in [0.1, 0.15) is 5.56 Å². The van der Waals surface area contributed by atoms with Gasteiger partial charge in [0.15, 0.2) is 23.3 Å². The topological polar surface area (TPSA) is 29.4 Å². The van der Waals surface area contributed by atoms with Crippen LogP contribution in [0.3, 0.4) is 0 Å². The Morgan fingerprint density at radius 2 is 1.53 bits per heavy atom. The van der Waals surface area contributed by atoms with Gasteiger partial charge in [-0.15, -0.1) is 0 Å². The lowest BCUT2D eigenvalue weighted by Gasteiger charge is -2.05. The van der Waals surface area contributed by atoms with E-state index in [2.05, 4.69) is 20.9 Å². The minimum Gasteiger partial charge on any atom is -0.211 e. The zero-order chi connectivity index (χ0) is 11.6. The predicted octanol–water partition coefficient (Wildman–Crippen LogP) is 2.84. The molecule has 0 saturated heterocycles. The van der Waals surface area contributed by atoms with E-state index in [1.54, 1.807) is 0 Å². The maximum Gasteiger partial charge on any atom is 0.235 e. The van der Waals surface area contributed by atoms with Crippen LogP contribution >= 0.6 is 15.9 Å². The summed E-state index contributed by atoms with van der Waals surface area (Å²) in [5.41, 5.74) is -0.948. The minimum absolute atomic E-state index is 0.803. The van der Waals surface area contributed by atoms with Crippen LogP contribution in [-0.4, -0.2) is 6.08 Å². The van der Waals surface area contributed by atoms with E-state index in [9.17, 15) is 22.4 Å². The quantitative estimate of drug-likeness (QED) is 0.270. The molecule has 1 aromatic rings. The second kappa shape index (κ2) is 4.55. The molecule has 15 heavy (non-hydrogen) atoms. The molecule has 1 aromatic carbocycles. The highest BCUT2D eigenvalue weighted by atomic mass is 79.9. The summed E-state index contributed by atoms with van der Waals surface area (Å²) in [6.07, 6.45) is 1.01. The number of isocyanates is 1. The number of carbonyl (C=O) groups excluding carboxylic acids is 1. The van der Waals surface area contributed by atoms with E-state index in [1.807, 2.05) is 0 Å². The van der Waals surface area contributed by atoms with Gasteiger partial charge in [-0.3, -0.25) is 0 Å². The monoisotopic (exact) mass is 283 g/mol. The summed E-state index contributed by atoms with van der Waals surface area (Å²) >= 11 is 2.35. The number of benzene rings is 1. The smallest absolute Gasteiger partial charge is 0.211 e. The molecule has 0 radical (unpaired) electrons. The number of halogens is 5. The first-order chi connectivity index (χ1) is 7.00. The van der Waals surface area contributed by atoms with Crippen molar-refractivity contribution in [2.75, 3.05) is 0 Å². The Hall–Kier alpha value is -1.20. The average molecular weight is 284 g/mol. The molecule has 0 amide bonds. The lowest BCUT2D eigenvalue weighted by atomic mass is 10.2. The van der Waals surface area contributed by atoms with Gasteiger partial charge in [-0.05, 0) is 15.9 Å². The van der Waals surface area contributed by atoms with E-state index < -0.39 is 39.8 Å². The first kappa shape index (κ1) is 11.9. The number of rotatable bonds is 2. The lowest BCUT2D eigenvalue weighted by molar-refractivity contribution is 0.432. The summed E-state index contributed by atoms with van der Waals surface area (Å²) in [6, 6.07) is 0. The van der Waals surface area contributed by atoms with Crippen LogP contribution in [0.15, 0.2) is 9.47 Å². The zero-order valence-corrected chi connectivity index (χ0v) is 8.54. The van der Waals surface area contributed by atoms with Crippen LogP contribution in [0, 0.1) is 23.3 Å². The van der Waals surface area contributed by atoms with Gasteiger partial charge in [-0.25, -0.2) is 27.3 Å².